The summed E-state index contributed by atoms with van der Waals surface area (Å²) in [5, 5.41) is 3.18. The number of sulfonamides is 1. The van der Waals surface area contributed by atoms with E-state index >= 15 is 0 Å². The van der Waals surface area contributed by atoms with E-state index in [-0.39, 0.29) is 30.5 Å². The minimum atomic E-state index is -3.45. The number of fused-ring (bicyclic) bond motifs is 1. The van der Waals surface area contributed by atoms with Gasteiger partial charge in [0.05, 0.1) is 18.0 Å². The summed E-state index contributed by atoms with van der Waals surface area (Å²) in [7, 11) is -3.45. The average Bonchev–Trinajstić information content (AvgIpc) is 2.77. The van der Waals surface area contributed by atoms with E-state index in [1.54, 1.807) is 0 Å². The Morgan fingerprint density at radius 3 is 2.45 bits per heavy atom. The lowest BCUT2D eigenvalue weighted by Crippen LogP contribution is -2.44. The molecule has 1 amide bonds. The Labute approximate surface area is 198 Å². The van der Waals surface area contributed by atoms with Gasteiger partial charge >= 0.3 is 0 Å². The van der Waals surface area contributed by atoms with Gasteiger partial charge in [-0.3, -0.25) is 9.10 Å². The molecule has 0 aliphatic carbocycles. The van der Waals surface area contributed by atoms with Gasteiger partial charge in [-0.25, -0.2) is 8.42 Å². The van der Waals surface area contributed by atoms with Crippen LogP contribution in [0.1, 0.15) is 68.7 Å². The molecule has 0 spiro atoms. The summed E-state index contributed by atoms with van der Waals surface area (Å²) in [5.41, 5.74) is 3.49. The summed E-state index contributed by atoms with van der Waals surface area (Å²) in [5.74, 6) is 0.752. The van der Waals surface area contributed by atoms with Gasteiger partial charge in [-0.2, -0.15) is 0 Å². The maximum Gasteiger partial charge on any atom is 0.232 e. The molecule has 1 aliphatic heterocycles. The number of nitrogens with one attached hydrogen (secondary N) is 1. The normalized spacial score (nSPS) is 17.1. The first kappa shape index (κ1) is 25.1. The summed E-state index contributed by atoms with van der Waals surface area (Å²) < 4.78 is 32.5. The van der Waals surface area contributed by atoms with Crippen molar-refractivity contribution in [1.82, 2.24) is 5.32 Å². The number of benzene rings is 2. The van der Waals surface area contributed by atoms with Crippen molar-refractivity contribution in [3.05, 3.63) is 59.2 Å². The molecule has 3 rings (SSSR count). The molecule has 33 heavy (non-hydrogen) atoms. The summed E-state index contributed by atoms with van der Waals surface area (Å²) >= 11 is 0. The Kier molecular flexibility index (Phi) is 7.73. The van der Waals surface area contributed by atoms with E-state index in [1.807, 2.05) is 56.3 Å². The molecule has 1 aliphatic rings. The number of para-hydroxylation sites is 1. The largest absolute Gasteiger partial charge is 0.487 e. The number of carbonyl (C=O) groups is 1. The number of rotatable bonds is 9. The topological polar surface area (TPSA) is 75.7 Å². The van der Waals surface area contributed by atoms with Gasteiger partial charge in [0.1, 0.15) is 11.4 Å². The van der Waals surface area contributed by atoms with Crippen LogP contribution in [-0.4, -0.2) is 32.7 Å². The first-order chi connectivity index (χ1) is 15.6. The third-order valence-electron chi connectivity index (χ3n) is 6.76. The second kappa shape index (κ2) is 10.2. The fourth-order valence-corrected chi connectivity index (χ4v) is 5.40. The number of ether oxygens (including phenoxy) is 1. The molecular weight excluding hydrogens is 436 g/mol. The second-order valence-corrected chi connectivity index (χ2v) is 11.0. The number of amides is 1. The highest BCUT2D eigenvalue weighted by atomic mass is 32.2. The zero-order valence-corrected chi connectivity index (χ0v) is 21.2. The van der Waals surface area contributed by atoms with Crippen molar-refractivity contribution in [1.29, 1.82) is 0 Å². The van der Waals surface area contributed by atoms with Crippen molar-refractivity contribution in [2.45, 2.75) is 71.4 Å². The molecule has 1 N–H and O–H groups in total. The fraction of sp³-hybridized carbons (Fsp3) is 0.500. The Bertz CT molecular complexity index is 1090. The lowest BCUT2D eigenvalue weighted by atomic mass is 9.83. The molecule has 1 unspecified atom stereocenters. The van der Waals surface area contributed by atoms with Gasteiger partial charge in [-0.05, 0) is 62.4 Å². The standard InChI is InChI=1S/C26H36N2O4S/c1-6-26(7-2)18-23(22-11-8-9-12-24(22)32-26)27-25(29)13-10-16-28(33(5,30)31)21-15-14-19(3)20(4)17-21/h8-9,11-12,14-15,17,23H,6-7,10,13,16,18H2,1-5H3,(H,27,29). The molecule has 1 atom stereocenters. The molecule has 0 bridgehead atoms. The minimum Gasteiger partial charge on any atom is -0.487 e. The summed E-state index contributed by atoms with van der Waals surface area (Å²) in [6.07, 6.45) is 4.34. The van der Waals surface area contributed by atoms with Crippen LogP contribution in [0.4, 0.5) is 5.69 Å². The van der Waals surface area contributed by atoms with Gasteiger partial charge in [-0.1, -0.05) is 38.1 Å². The maximum atomic E-state index is 12.9. The van der Waals surface area contributed by atoms with Gasteiger partial charge in [0.25, 0.3) is 0 Å². The molecule has 1 heterocycles. The zero-order valence-electron chi connectivity index (χ0n) is 20.3. The Morgan fingerprint density at radius 1 is 1.12 bits per heavy atom. The van der Waals surface area contributed by atoms with E-state index in [1.165, 1.54) is 10.6 Å². The van der Waals surface area contributed by atoms with Gasteiger partial charge in [0.2, 0.25) is 15.9 Å². The van der Waals surface area contributed by atoms with E-state index in [9.17, 15) is 13.2 Å². The van der Waals surface area contributed by atoms with Gasteiger partial charge in [0.15, 0.2) is 0 Å². The maximum absolute atomic E-state index is 12.9. The fourth-order valence-electron chi connectivity index (χ4n) is 4.45. The summed E-state index contributed by atoms with van der Waals surface area (Å²) in [6, 6.07) is 13.4. The van der Waals surface area contributed by atoms with Crippen LogP contribution >= 0.6 is 0 Å². The zero-order chi connectivity index (χ0) is 24.2. The van der Waals surface area contributed by atoms with Crippen LogP contribution in [-0.2, 0) is 14.8 Å². The minimum absolute atomic E-state index is 0.0775. The van der Waals surface area contributed by atoms with Gasteiger partial charge < -0.3 is 10.1 Å². The Morgan fingerprint density at radius 2 is 1.82 bits per heavy atom. The Hall–Kier alpha value is -2.54. The van der Waals surface area contributed by atoms with Crippen LogP contribution < -0.4 is 14.4 Å². The van der Waals surface area contributed by atoms with Gasteiger partial charge in [-0.15, -0.1) is 0 Å². The van der Waals surface area contributed by atoms with E-state index < -0.39 is 10.0 Å². The third-order valence-corrected chi connectivity index (χ3v) is 7.96. The van der Waals surface area contributed by atoms with Crippen molar-refractivity contribution in [3.63, 3.8) is 0 Å². The van der Waals surface area contributed by atoms with E-state index in [0.29, 0.717) is 12.1 Å². The highest BCUT2D eigenvalue weighted by Crippen LogP contribution is 2.42. The van der Waals surface area contributed by atoms with Crippen LogP contribution in [0.2, 0.25) is 0 Å². The Balaban J connectivity index is 1.67. The smallest absolute Gasteiger partial charge is 0.232 e. The number of hydrogen-bond donors (Lipinski definition) is 1. The number of aryl methyl sites for hydroxylation is 2. The van der Waals surface area contributed by atoms with Crippen molar-refractivity contribution in [3.8, 4) is 5.75 Å². The second-order valence-electron chi connectivity index (χ2n) is 9.06. The first-order valence-electron chi connectivity index (χ1n) is 11.7. The van der Waals surface area contributed by atoms with Crippen molar-refractivity contribution < 1.29 is 17.9 Å². The number of anilines is 1. The molecule has 2 aromatic rings. The molecule has 180 valence electrons. The van der Waals surface area contributed by atoms with Crippen molar-refractivity contribution in [2.75, 3.05) is 17.1 Å². The van der Waals surface area contributed by atoms with Crippen LogP contribution in [0, 0.1) is 13.8 Å². The predicted octanol–water partition coefficient (Wildman–Crippen LogP) is 5.05. The van der Waals surface area contributed by atoms with Crippen LogP contribution in [0.5, 0.6) is 5.75 Å². The third kappa shape index (κ3) is 5.88. The van der Waals surface area contributed by atoms with Crippen molar-refractivity contribution in [2.24, 2.45) is 0 Å². The molecule has 7 heteroatoms. The molecule has 0 saturated carbocycles. The van der Waals surface area contributed by atoms with Gasteiger partial charge in [0, 0.05) is 24.9 Å². The summed E-state index contributed by atoms with van der Waals surface area (Å²) in [6.45, 7) is 8.44. The molecule has 0 fully saturated rings. The van der Waals surface area contributed by atoms with E-state index in [0.717, 1.165) is 41.7 Å². The molecule has 0 aromatic heterocycles. The molecular formula is C26H36N2O4S. The van der Waals surface area contributed by atoms with Crippen LogP contribution in [0.25, 0.3) is 0 Å². The number of nitrogens with zero attached hydrogens (tertiary/aromatic N) is 1. The number of hydrogen-bond acceptors (Lipinski definition) is 4. The average molecular weight is 473 g/mol. The van der Waals surface area contributed by atoms with Crippen LogP contribution in [0.15, 0.2) is 42.5 Å². The van der Waals surface area contributed by atoms with E-state index in [4.69, 9.17) is 4.74 Å². The molecule has 0 saturated heterocycles. The van der Waals surface area contributed by atoms with Crippen molar-refractivity contribution >= 4 is 21.6 Å². The lowest BCUT2D eigenvalue weighted by molar-refractivity contribution is -0.122. The van der Waals surface area contributed by atoms with Crippen LogP contribution in [0.3, 0.4) is 0 Å². The predicted molar refractivity (Wildman–Crippen MR) is 133 cm³/mol. The highest BCUT2D eigenvalue weighted by Gasteiger charge is 2.38. The molecule has 2 aromatic carbocycles. The highest BCUT2D eigenvalue weighted by molar-refractivity contribution is 7.92. The summed E-state index contributed by atoms with van der Waals surface area (Å²) in [4.78, 5) is 12.9. The molecule has 6 nitrogen and oxygen atoms in total. The molecule has 0 radical (unpaired) electrons. The van der Waals surface area contributed by atoms with E-state index in [2.05, 4.69) is 19.2 Å². The number of carbonyl (C=O) groups excluding carboxylic acids is 1. The monoisotopic (exact) mass is 472 g/mol. The SMILES string of the molecule is CCC1(CC)CC(NC(=O)CCCN(c2ccc(C)c(C)c2)S(C)(=O)=O)c2ccccc2O1. The lowest BCUT2D eigenvalue weighted by Gasteiger charge is -2.41. The quantitative estimate of drug-likeness (QED) is 0.554. The first-order valence-corrected chi connectivity index (χ1v) is 13.6.